The summed E-state index contributed by atoms with van der Waals surface area (Å²) in [6, 6.07) is 5.09. The molecule has 1 aliphatic rings. The normalized spacial score (nSPS) is 12.9. The van der Waals surface area contributed by atoms with Crippen LogP contribution in [0.25, 0.3) is 5.69 Å². The van der Waals surface area contributed by atoms with Crippen LogP contribution in [0.4, 0.5) is 11.5 Å². The number of nitrogens with one attached hydrogen (secondary N) is 1. The van der Waals surface area contributed by atoms with Crippen LogP contribution in [0.5, 0.6) is 0 Å². The van der Waals surface area contributed by atoms with E-state index in [1.54, 1.807) is 22.6 Å². The van der Waals surface area contributed by atoms with E-state index in [0.29, 0.717) is 3.57 Å². The molecule has 0 saturated heterocycles. The number of nitrogens with two attached hydrogens (primary N) is 1. The third-order valence-corrected chi connectivity index (χ3v) is 4.25. The van der Waals surface area contributed by atoms with Gasteiger partial charge in [-0.2, -0.15) is 0 Å². The third kappa shape index (κ3) is 2.27. The van der Waals surface area contributed by atoms with Crippen LogP contribution < -0.4 is 16.6 Å². The van der Waals surface area contributed by atoms with Gasteiger partial charge in [-0.05, 0) is 34.7 Å². The third-order valence-electron chi connectivity index (χ3n) is 3.34. The number of anilines is 1. The van der Waals surface area contributed by atoms with Crippen LogP contribution in [0.2, 0.25) is 0 Å². The average molecular weight is 426 g/mol. The average Bonchev–Trinajstić information content (AvgIpc) is 2.75. The van der Waals surface area contributed by atoms with Crippen molar-refractivity contribution in [1.29, 1.82) is 0 Å². The maximum absolute atomic E-state index is 12.2. The smallest absolute Gasteiger partial charge is 0.284 e. The number of rotatable bonds is 2. The zero-order chi connectivity index (χ0) is 16.9. The molecule has 1 aromatic carbocycles. The number of pyridine rings is 1. The van der Waals surface area contributed by atoms with Gasteiger partial charge in [0.25, 0.3) is 23.1 Å². The van der Waals surface area contributed by atoms with Crippen LogP contribution in [0.1, 0.15) is 20.7 Å². The molecule has 3 rings (SSSR count). The number of hydrogen-bond acceptors (Lipinski definition) is 6. The van der Waals surface area contributed by atoms with Gasteiger partial charge in [0, 0.05) is 12.1 Å². The van der Waals surface area contributed by atoms with Crippen molar-refractivity contribution in [3.05, 3.63) is 59.4 Å². The number of nitro groups is 1. The van der Waals surface area contributed by atoms with Crippen molar-refractivity contribution in [1.82, 2.24) is 9.88 Å². The topological polar surface area (TPSA) is 137 Å². The van der Waals surface area contributed by atoms with Crippen molar-refractivity contribution in [3.8, 4) is 5.69 Å². The molecule has 2 heterocycles. The lowest BCUT2D eigenvalue weighted by Gasteiger charge is -2.12. The Hall–Kier alpha value is -2.76. The highest BCUT2D eigenvalue weighted by molar-refractivity contribution is 14.1. The van der Waals surface area contributed by atoms with Gasteiger partial charge in [-0.15, -0.1) is 0 Å². The van der Waals surface area contributed by atoms with Crippen molar-refractivity contribution in [2.75, 3.05) is 5.73 Å². The number of nitrogens with zero attached hydrogens (tertiary/aromatic N) is 2. The molecule has 2 aromatic rings. The summed E-state index contributed by atoms with van der Waals surface area (Å²) in [4.78, 5) is 46.1. The molecule has 0 bridgehead atoms. The Morgan fingerprint density at radius 3 is 2.52 bits per heavy atom. The lowest BCUT2D eigenvalue weighted by molar-refractivity contribution is -0.385. The van der Waals surface area contributed by atoms with Crippen molar-refractivity contribution in [2.24, 2.45) is 0 Å². The first-order chi connectivity index (χ1) is 10.8. The molecule has 0 atom stereocenters. The molecule has 1 aliphatic heterocycles. The fourth-order valence-electron chi connectivity index (χ4n) is 2.33. The second-order valence-corrected chi connectivity index (χ2v) is 5.83. The summed E-state index contributed by atoms with van der Waals surface area (Å²) in [5.74, 6) is -1.66. The number of carbonyl (C=O) groups is 2. The number of amides is 2. The lowest BCUT2D eigenvalue weighted by Crippen LogP contribution is -2.24. The number of nitro benzene ring substituents is 1. The molecule has 116 valence electrons. The highest BCUT2D eigenvalue weighted by atomic mass is 127. The van der Waals surface area contributed by atoms with E-state index in [2.05, 4.69) is 0 Å². The quantitative estimate of drug-likeness (QED) is 0.316. The van der Waals surface area contributed by atoms with Gasteiger partial charge in [-0.1, -0.05) is 0 Å². The Bertz CT molecular complexity index is 966. The van der Waals surface area contributed by atoms with E-state index in [-0.39, 0.29) is 28.3 Å². The molecule has 3 N–H and O–H groups in total. The Morgan fingerprint density at radius 1 is 1.17 bits per heavy atom. The summed E-state index contributed by atoms with van der Waals surface area (Å²) in [5, 5.41) is 13.1. The largest absolute Gasteiger partial charge is 0.384 e. The fraction of sp³-hybridized carbons (Fsp3) is 0. The van der Waals surface area contributed by atoms with Gasteiger partial charge in [0.1, 0.15) is 5.82 Å². The Balaban J connectivity index is 2.31. The molecule has 9 nitrogen and oxygen atoms in total. The number of halogens is 1. The molecular formula is C13H7IN4O5. The van der Waals surface area contributed by atoms with Crippen LogP contribution in [0, 0.1) is 13.7 Å². The number of nitrogen functional groups attached to an aromatic ring is 1. The number of fused-ring (bicyclic) bond motifs is 1. The monoisotopic (exact) mass is 426 g/mol. The fourth-order valence-corrected chi connectivity index (χ4v) is 2.86. The van der Waals surface area contributed by atoms with Crippen LogP contribution in [-0.4, -0.2) is 21.3 Å². The van der Waals surface area contributed by atoms with Crippen LogP contribution >= 0.6 is 22.6 Å². The molecule has 10 heteroatoms. The number of aromatic nitrogens is 1. The van der Waals surface area contributed by atoms with Crippen molar-refractivity contribution in [2.45, 2.75) is 0 Å². The number of carbonyl (C=O) groups excluding carboxylic acids is 2. The molecule has 0 unspecified atom stereocenters. The molecule has 0 aliphatic carbocycles. The van der Waals surface area contributed by atoms with Gasteiger partial charge in [0.05, 0.1) is 25.3 Å². The Morgan fingerprint density at radius 2 is 1.87 bits per heavy atom. The first-order valence-corrected chi connectivity index (χ1v) is 7.24. The number of imide groups is 1. The number of benzene rings is 1. The van der Waals surface area contributed by atoms with Crippen LogP contribution in [0.3, 0.4) is 0 Å². The van der Waals surface area contributed by atoms with Crippen LogP contribution in [-0.2, 0) is 0 Å². The molecule has 23 heavy (non-hydrogen) atoms. The Labute approximate surface area is 141 Å². The highest BCUT2D eigenvalue weighted by Gasteiger charge is 2.32. The van der Waals surface area contributed by atoms with E-state index in [0.717, 1.165) is 10.6 Å². The van der Waals surface area contributed by atoms with Gasteiger partial charge in [0.2, 0.25) is 0 Å². The van der Waals surface area contributed by atoms with Gasteiger partial charge in [-0.25, -0.2) is 0 Å². The molecular weight excluding hydrogens is 419 g/mol. The second-order valence-electron chi connectivity index (χ2n) is 4.67. The van der Waals surface area contributed by atoms with E-state index in [1.165, 1.54) is 18.2 Å². The van der Waals surface area contributed by atoms with E-state index < -0.39 is 22.3 Å². The number of hydrogen-bond donors (Lipinski definition) is 2. The first-order valence-electron chi connectivity index (χ1n) is 6.16. The second kappa shape index (κ2) is 5.15. The zero-order valence-electron chi connectivity index (χ0n) is 11.2. The minimum absolute atomic E-state index is 0.103. The van der Waals surface area contributed by atoms with Crippen molar-refractivity contribution >= 4 is 45.9 Å². The van der Waals surface area contributed by atoms with Crippen molar-refractivity contribution in [3.63, 3.8) is 0 Å². The maximum atomic E-state index is 12.2. The standard InChI is InChI=1S/C13H7IN4O5/c14-7-2-1-5(3-8(7)18(22)23)17-9(19)4-6-10(11(17)15)13(21)16-12(6)20/h1-4H,15H2,(H,16,20,21). The molecule has 2 amide bonds. The van der Waals surface area contributed by atoms with E-state index in [4.69, 9.17) is 5.73 Å². The first kappa shape index (κ1) is 15.1. The molecule has 0 radical (unpaired) electrons. The summed E-state index contributed by atoms with van der Waals surface area (Å²) in [5.41, 5.74) is 4.91. The minimum Gasteiger partial charge on any atom is -0.384 e. The van der Waals surface area contributed by atoms with Gasteiger partial charge < -0.3 is 5.73 Å². The van der Waals surface area contributed by atoms with Crippen molar-refractivity contribution < 1.29 is 14.5 Å². The summed E-state index contributed by atoms with van der Waals surface area (Å²) in [7, 11) is 0. The molecule has 0 spiro atoms. The Kier molecular flexibility index (Phi) is 3.39. The van der Waals surface area contributed by atoms with Gasteiger partial charge >= 0.3 is 0 Å². The van der Waals surface area contributed by atoms with Crippen LogP contribution in [0.15, 0.2) is 29.1 Å². The van der Waals surface area contributed by atoms with E-state index in [1.807, 2.05) is 5.32 Å². The summed E-state index contributed by atoms with van der Waals surface area (Å²) in [6.45, 7) is 0. The zero-order valence-corrected chi connectivity index (χ0v) is 13.4. The molecule has 0 saturated carbocycles. The maximum Gasteiger partial charge on any atom is 0.284 e. The predicted octanol–water partition coefficient (Wildman–Crippen LogP) is 0.816. The lowest BCUT2D eigenvalue weighted by atomic mass is 10.1. The molecule has 0 fully saturated rings. The highest BCUT2D eigenvalue weighted by Crippen LogP contribution is 2.27. The summed E-state index contributed by atoms with van der Waals surface area (Å²) >= 11 is 1.80. The van der Waals surface area contributed by atoms with E-state index in [9.17, 15) is 24.5 Å². The molecule has 1 aromatic heterocycles. The predicted molar refractivity (Wildman–Crippen MR) is 87.6 cm³/mol. The summed E-state index contributed by atoms with van der Waals surface area (Å²) in [6.07, 6.45) is 0. The SMILES string of the molecule is Nc1c2c(cc(=O)n1-c1ccc(I)c([N+](=O)[O-])c1)C(=O)NC2=O. The minimum atomic E-state index is -0.712. The van der Waals surface area contributed by atoms with Gasteiger partial charge in [-0.3, -0.25) is 34.4 Å². The summed E-state index contributed by atoms with van der Waals surface area (Å²) < 4.78 is 1.34. The van der Waals surface area contributed by atoms with Gasteiger partial charge in [0.15, 0.2) is 0 Å². The van der Waals surface area contributed by atoms with E-state index >= 15 is 0 Å².